The summed E-state index contributed by atoms with van der Waals surface area (Å²) in [5.41, 5.74) is 0. The second kappa shape index (κ2) is 5.66. The smallest absolute Gasteiger partial charge is 0.306 e. The standard InChI is InChI=1S/C7H12O7/c8-2-4(10)7(14)6(13)3(9)1-5(11)12/h2-4,6-7,9-10,13-14H,1H2,(H,11,12)/t3-,4+,6-,7-/m1/s1. The Kier molecular flexibility index (Phi) is 5.24. The molecule has 0 fully saturated rings. The number of carboxylic acids is 1. The molecule has 0 heterocycles. The maximum atomic E-state index is 10.1. The molecule has 5 N–H and O–H groups in total. The lowest BCUT2D eigenvalue weighted by atomic mass is 10.0. The Morgan fingerprint density at radius 1 is 1.14 bits per heavy atom. The molecule has 0 aromatic carbocycles. The van der Waals surface area contributed by atoms with Crippen LogP contribution in [0.5, 0.6) is 0 Å². The number of aliphatic hydroxyl groups is 4. The number of aliphatic carboxylic acids is 1. The van der Waals surface area contributed by atoms with Gasteiger partial charge in [0.15, 0.2) is 6.29 Å². The molecule has 0 aliphatic carbocycles. The SMILES string of the molecule is O=C[C@H](O)[C@@H](O)[C@H](O)[C@H](O)CC(=O)O. The number of hydrogen-bond donors (Lipinski definition) is 5. The summed E-state index contributed by atoms with van der Waals surface area (Å²) in [7, 11) is 0. The van der Waals surface area contributed by atoms with Gasteiger partial charge in [-0.25, -0.2) is 0 Å². The zero-order valence-electron chi connectivity index (χ0n) is 7.15. The van der Waals surface area contributed by atoms with Crippen molar-refractivity contribution in [3.8, 4) is 0 Å². The summed E-state index contributed by atoms with van der Waals surface area (Å²) in [6, 6.07) is 0. The van der Waals surface area contributed by atoms with E-state index in [4.69, 9.17) is 25.5 Å². The zero-order valence-corrected chi connectivity index (χ0v) is 7.15. The van der Waals surface area contributed by atoms with Gasteiger partial charge in [-0.1, -0.05) is 0 Å². The van der Waals surface area contributed by atoms with Crippen LogP contribution in [0.2, 0.25) is 0 Å². The van der Waals surface area contributed by atoms with E-state index in [0.29, 0.717) is 0 Å². The lowest BCUT2D eigenvalue weighted by molar-refractivity contribution is -0.147. The fourth-order valence-electron chi connectivity index (χ4n) is 0.810. The Morgan fingerprint density at radius 3 is 2.00 bits per heavy atom. The Balaban J connectivity index is 4.22. The predicted molar refractivity (Wildman–Crippen MR) is 42.3 cm³/mol. The number of carboxylic acid groups (broad SMARTS) is 1. The third kappa shape index (κ3) is 3.79. The van der Waals surface area contributed by atoms with E-state index in [1.807, 2.05) is 0 Å². The van der Waals surface area contributed by atoms with Crippen LogP contribution in [0.25, 0.3) is 0 Å². The number of rotatable bonds is 6. The van der Waals surface area contributed by atoms with Gasteiger partial charge in [0.1, 0.15) is 18.3 Å². The van der Waals surface area contributed by atoms with Gasteiger partial charge < -0.3 is 30.3 Å². The molecule has 0 bridgehead atoms. The Labute approximate surface area is 79.2 Å². The van der Waals surface area contributed by atoms with Gasteiger partial charge in [-0.05, 0) is 0 Å². The van der Waals surface area contributed by atoms with Crippen molar-refractivity contribution in [1.82, 2.24) is 0 Å². The third-order valence-corrected chi connectivity index (χ3v) is 1.62. The van der Waals surface area contributed by atoms with E-state index in [-0.39, 0.29) is 6.29 Å². The average molecular weight is 208 g/mol. The van der Waals surface area contributed by atoms with Crippen LogP contribution in [0.3, 0.4) is 0 Å². The van der Waals surface area contributed by atoms with E-state index in [9.17, 15) is 9.59 Å². The van der Waals surface area contributed by atoms with E-state index in [1.165, 1.54) is 0 Å². The van der Waals surface area contributed by atoms with Crippen LogP contribution in [-0.2, 0) is 9.59 Å². The summed E-state index contributed by atoms with van der Waals surface area (Å²) in [4.78, 5) is 20.1. The minimum absolute atomic E-state index is 0.0264. The first kappa shape index (κ1) is 13.0. The van der Waals surface area contributed by atoms with Crippen molar-refractivity contribution in [1.29, 1.82) is 0 Å². The highest BCUT2D eigenvalue weighted by atomic mass is 16.4. The van der Waals surface area contributed by atoms with Gasteiger partial charge in [0, 0.05) is 0 Å². The molecule has 0 amide bonds. The number of aliphatic hydroxyl groups excluding tert-OH is 4. The molecule has 7 heteroatoms. The molecule has 7 nitrogen and oxygen atoms in total. The highest BCUT2D eigenvalue weighted by Gasteiger charge is 2.31. The number of hydrogen-bond acceptors (Lipinski definition) is 6. The van der Waals surface area contributed by atoms with Crippen LogP contribution in [0.4, 0.5) is 0 Å². The summed E-state index contributed by atoms with van der Waals surface area (Å²) < 4.78 is 0. The van der Waals surface area contributed by atoms with Gasteiger partial charge in [0.05, 0.1) is 12.5 Å². The van der Waals surface area contributed by atoms with Crippen LogP contribution in [0, 0.1) is 0 Å². The molecule has 82 valence electrons. The topological polar surface area (TPSA) is 135 Å². The molecule has 4 atom stereocenters. The molecule has 0 radical (unpaired) electrons. The van der Waals surface area contributed by atoms with Crippen molar-refractivity contribution in [3.05, 3.63) is 0 Å². The maximum Gasteiger partial charge on any atom is 0.306 e. The van der Waals surface area contributed by atoms with Gasteiger partial charge in [0.25, 0.3) is 0 Å². The maximum absolute atomic E-state index is 10.1. The van der Waals surface area contributed by atoms with Gasteiger partial charge in [-0.15, -0.1) is 0 Å². The molecular formula is C7H12O7. The first-order valence-electron chi connectivity index (χ1n) is 3.79. The number of aldehydes is 1. The molecule has 0 rings (SSSR count). The summed E-state index contributed by atoms with van der Waals surface area (Å²) in [5, 5.41) is 44.0. The van der Waals surface area contributed by atoms with Gasteiger partial charge in [0.2, 0.25) is 0 Å². The zero-order chi connectivity index (χ0) is 11.3. The largest absolute Gasteiger partial charge is 0.481 e. The third-order valence-electron chi connectivity index (χ3n) is 1.62. The highest BCUT2D eigenvalue weighted by molar-refractivity contribution is 5.67. The van der Waals surface area contributed by atoms with Crippen LogP contribution in [-0.4, -0.2) is 62.2 Å². The predicted octanol–water partition coefficient (Wildman–Crippen LogP) is -2.90. The van der Waals surface area contributed by atoms with Crippen LogP contribution in [0.15, 0.2) is 0 Å². The summed E-state index contributed by atoms with van der Waals surface area (Å²) in [6.45, 7) is 0. The van der Waals surface area contributed by atoms with Crippen molar-refractivity contribution in [2.24, 2.45) is 0 Å². The van der Waals surface area contributed by atoms with Crippen molar-refractivity contribution < 1.29 is 35.1 Å². The van der Waals surface area contributed by atoms with Crippen molar-refractivity contribution in [3.63, 3.8) is 0 Å². The molecule has 0 unspecified atom stereocenters. The second-order valence-electron chi connectivity index (χ2n) is 2.77. The lowest BCUT2D eigenvalue weighted by Crippen LogP contribution is -2.45. The average Bonchev–Trinajstić information content (AvgIpc) is 2.13. The second-order valence-corrected chi connectivity index (χ2v) is 2.77. The molecule has 0 saturated carbocycles. The summed E-state index contributed by atoms with van der Waals surface area (Å²) >= 11 is 0. The van der Waals surface area contributed by atoms with E-state index in [2.05, 4.69) is 0 Å². The minimum atomic E-state index is -1.90. The molecular weight excluding hydrogens is 196 g/mol. The molecule has 0 aliphatic heterocycles. The Hall–Kier alpha value is -1.02. The summed E-state index contributed by atoms with van der Waals surface area (Å²) in [6.07, 6.45) is -8.19. The minimum Gasteiger partial charge on any atom is -0.481 e. The molecule has 0 aliphatic rings. The first-order chi connectivity index (χ1) is 6.40. The van der Waals surface area contributed by atoms with Crippen LogP contribution >= 0.6 is 0 Å². The fourth-order valence-corrected chi connectivity index (χ4v) is 0.810. The molecule has 0 aromatic rings. The van der Waals surface area contributed by atoms with E-state index in [1.54, 1.807) is 0 Å². The van der Waals surface area contributed by atoms with Crippen molar-refractivity contribution in [2.75, 3.05) is 0 Å². The van der Waals surface area contributed by atoms with E-state index >= 15 is 0 Å². The van der Waals surface area contributed by atoms with Gasteiger partial charge >= 0.3 is 5.97 Å². The van der Waals surface area contributed by atoms with E-state index in [0.717, 1.165) is 0 Å². The first-order valence-corrected chi connectivity index (χ1v) is 3.79. The summed E-state index contributed by atoms with van der Waals surface area (Å²) in [5.74, 6) is -1.37. The van der Waals surface area contributed by atoms with Crippen LogP contribution < -0.4 is 0 Å². The van der Waals surface area contributed by atoms with Crippen LogP contribution in [0.1, 0.15) is 6.42 Å². The molecule has 0 aromatic heterocycles. The number of carbonyl (C=O) groups is 2. The van der Waals surface area contributed by atoms with Gasteiger partial charge in [-0.2, -0.15) is 0 Å². The Morgan fingerprint density at radius 2 is 1.64 bits per heavy atom. The van der Waals surface area contributed by atoms with Crippen molar-refractivity contribution in [2.45, 2.75) is 30.8 Å². The molecule has 0 saturated heterocycles. The highest BCUT2D eigenvalue weighted by Crippen LogP contribution is 2.06. The monoisotopic (exact) mass is 208 g/mol. The van der Waals surface area contributed by atoms with Gasteiger partial charge in [-0.3, -0.25) is 4.79 Å². The normalized spacial score (nSPS) is 19.4. The molecule has 14 heavy (non-hydrogen) atoms. The Bertz CT molecular complexity index is 204. The lowest BCUT2D eigenvalue weighted by Gasteiger charge is -2.22. The van der Waals surface area contributed by atoms with E-state index < -0.39 is 36.8 Å². The quantitative estimate of drug-likeness (QED) is 0.295. The fraction of sp³-hybridized carbons (Fsp3) is 0.714. The number of carbonyl (C=O) groups excluding carboxylic acids is 1. The van der Waals surface area contributed by atoms with Crippen molar-refractivity contribution >= 4 is 12.3 Å². The molecule has 0 spiro atoms.